The van der Waals surface area contributed by atoms with E-state index in [1.807, 2.05) is 0 Å². The lowest BCUT2D eigenvalue weighted by Crippen LogP contribution is -2.24. The smallest absolute Gasteiger partial charge is 0.000138 e. The van der Waals surface area contributed by atoms with Crippen molar-refractivity contribution in [1.29, 1.82) is 0 Å². The van der Waals surface area contributed by atoms with E-state index in [1.54, 1.807) is 0 Å². The molecule has 0 N–H and O–H groups in total. The van der Waals surface area contributed by atoms with Gasteiger partial charge in [-0.05, 0) is 66.1 Å². The predicted molar refractivity (Wildman–Crippen MR) is 151 cm³/mol. The summed E-state index contributed by atoms with van der Waals surface area (Å²) in [5.41, 5.74) is 12.9. The molecule has 0 heteroatoms. The Bertz CT molecular complexity index is 1770. The van der Waals surface area contributed by atoms with Crippen LogP contribution in [0.25, 0.3) is 27.9 Å². The Labute approximate surface area is 211 Å². The SMILES string of the molecule is c1ccc(C2=C3C(=c4ccccc4=C3c3ccccc3)C(c3ccccc3)=C2c2ccccc2)cc1. The molecule has 7 rings (SSSR count). The molecule has 0 aliphatic heterocycles. The Morgan fingerprint density at radius 1 is 0.194 bits per heavy atom. The maximum Gasteiger partial charge on any atom is -0.000138 e. The van der Waals surface area contributed by atoms with Crippen LogP contribution in [0.1, 0.15) is 22.3 Å². The summed E-state index contributed by atoms with van der Waals surface area (Å²) in [6.07, 6.45) is 0. The normalized spacial score (nSPS) is 14.3. The fourth-order valence-electron chi connectivity index (χ4n) is 5.78. The molecule has 0 heterocycles. The molecular formula is C36H24. The van der Waals surface area contributed by atoms with E-state index in [9.17, 15) is 0 Å². The summed E-state index contributed by atoms with van der Waals surface area (Å²) in [5, 5.41) is 2.62. The molecule has 0 radical (unpaired) electrons. The van der Waals surface area contributed by atoms with Crippen molar-refractivity contribution in [2.75, 3.05) is 0 Å². The third kappa shape index (κ3) is 3.16. The van der Waals surface area contributed by atoms with Crippen molar-refractivity contribution >= 4 is 27.9 Å². The Kier molecular flexibility index (Phi) is 4.89. The summed E-state index contributed by atoms with van der Waals surface area (Å²) in [4.78, 5) is 0. The highest BCUT2D eigenvalue weighted by molar-refractivity contribution is 6.38. The van der Waals surface area contributed by atoms with Gasteiger partial charge < -0.3 is 0 Å². The minimum absolute atomic E-state index is 1.24. The van der Waals surface area contributed by atoms with Crippen molar-refractivity contribution < 1.29 is 0 Å². The lowest BCUT2D eigenvalue weighted by atomic mass is 9.88. The third-order valence-corrected chi connectivity index (χ3v) is 7.22. The molecule has 0 saturated carbocycles. The minimum Gasteiger partial charge on any atom is -0.0622 e. The minimum atomic E-state index is 1.24. The maximum absolute atomic E-state index is 2.29. The number of hydrogen-bond acceptors (Lipinski definition) is 0. The van der Waals surface area contributed by atoms with Crippen molar-refractivity contribution in [3.8, 4) is 0 Å². The molecule has 5 aromatic carbocycles. The van der Waals surface area contributed by atoms with Gasteiger partial charge in [0.05, 0.1) is 0 Å². The molecule has 168 valence electrons. The molecule has 0 unspecified atom stereocenters. The fourth-order valence-corrected chi connectivity index (χ4v) is 5.78. The average molecular weight is 457 g/mol. The van der Waals surface area contributed by atoms with Crippen LogP contribution in [0, 0.1) is 0 Å². The molecule has 0 saturated heterocycles. The monoisotopic (exact) mass is 456 g/mol. The Morgan fingerprint density at radius 2 is 0.472 bits per heavy atom. The summed E-state index contributed by atoms with van der Waals surface area (Å²) >= 11 is 0. The van der Waals surface area contributed by atoms with Crippen molar-refractivity contribution in [3.05, 3.63) is 184 Å². The van der Waals surface area contributed by atoms with Gasteiger partial charge in [0.1, 0.15) is 0 Å². The highest BCUT2D eigenvalue weighted by atomic mass is 14.4. The van der Waals surface area contributed by atoms with Crippen LogP contribution in [0.5, 0.6) is 0 Å². The molecule has 0 nitrogen and oxygen atoms in total. The first kappa shape index (κ1) is 20.7. The van der Waals surface area contributed by atoms with Crippen LogP contribution in [-0.2, 0) is 0 Å². The van der Waals surface area contributed by atoms with Crippen molar-refractivity contribution in [2.24, 2.45) is 0 Å². The molecule has 0 fully saturated rings. The number of benzene rings is 5. The summed E-state index contributed by atoms with van der Waals surface area (Å²) in [5.74, 6) is 0. The molecule has 5 aromatic rings. The van der Waals surface area contributed by atoms with E-state index in [4.69, 9.17) is 0 Å². The average Bonchev–Trinajstić information content (AvgIpc) is 3.48. The van der Waals surface area contributed by atoms with Gasteiger partial charge in [0, 0.05) is 0 Å². The summed E-state index contributed by atoms with van der Waals surface area (Å²) < 4.78 is 0. The summed E-state index contributed by atoms with van der Waals surface area (Å²) in [6, 6.07) is 52.5. The van der Waals surface area contributed by atoms with E-state index in [1.165, 1.54) is 66.1 Å². The predicted octanol–water partition coefficient (Wildman–Crippen LogP) is 7.13. The van der Waals surface area contributed by atoms with Gasteiger partial charge >= 0.3 is 0 Å². The summed E-state index contributed by atoms with van der Waals surface area (Å²) in [6.45, 7) is 0. The Hall–Kier alpha value is -4.68. The van der Waals surface area contributed by atoms with Crippen LogP contribution < -0.4 is 10.4 Å². The molecule has 2 aliphatic rings. The van der Waals surface area contributed by atoms with E-state index in [-0.39, 0.29) is 0 Å². The van der Waals surface area contributed by atoms with Crippen molar-refractivity contribution in [3.63, 3.8) is 0 Å². The molecule has 0 atom stereocenters. The molecule has 36 heavy (non-hydrogen) atoms. The summed E-state index contributed by atoms with van der Waals surface area (Å²) in [7, 11) is 0. The molecule has 0 spiro atoms. The Balaban J connectivity index is 1.71. The van der Waals surface area contributed by atoms with Crippen molar-refractivity contribution in [2.45, 2.75) is 0 Å². The maximum atomic E-state index is 2.29. The van der Waals surface area contributed by atoms with Gasteiger partial charge in [-0.3, -0.25) is 0 Å². The lowest BCUT2D eigenvalue weighted by Gasteiger charge is -2.15. The zero-order valence-corrected chi connectivity index (χ0v) is 19.9. The van der Waals surface area contributed by atoms with Crippen LogP contribution in [0.4, 0.5) is 0 Å². The molecule has 0 aromatic heterocycles. The van der Waals surface area contributed by atoms with Crippen LogP contribution in [0.2, 0.25) is 0 Å². The first-order chi connectivity index (χ1) is 17.9. The quantitative estimate of drug-likeness (QED) is 0.270. The number of hydrogen-bond donors (Lipinski definition) is 0. The van der Waals surface area contributed by atoms with Gasteiger partial charge in [-0.2, -0.15) is 0 Å². The Morgan fingerprint density at radius 3 is 0.889 bits per heavy atom. The van der Waals surface area contributed by atoms with Gasteiger partial charge in [0.25, 0.3) is 0 Å². The van der Waals surface area contributed by atoms with Gasteiger partial charge in [-0.15, -0.1) is 0 Å². The molecule has 2 aliphatic carbocycles. The zero-order chi connectivity index (χ0) is 23.9. The highest BCUT2D eigenvalue weighted by Gasteiger charge is 2.36. The molecular weight excluding hydrogens is 432 g/mol. The van der Waals surface area contributed by atoms with E-state index in [2.05, 4.69) is 146 Å². The van der Waals surface area contributed by atoms with E-state index < -0.39 is 0 Å². The van der Waals surface area contributed by atoms with Crippen LogP contribution >= 0.6 is 0 Å². The number of fused-ring (bicyclic) bond motifs is 2. The van der Waals surface area contributed by atoms with Crippen LogP contribution in [-0.4, -0.2) is 0 Å². The van der Waals surface area contributed by atoms with Crippen LogP contribution in [0.15, 0.2) is 151 Å². The van der Waals surface area contributed by atoms with Gasteiger partial charge in [-0.25, -0.2) is 0 Å². The van der Waals surface area contributed by atoms with Gasteiger partial charge in [-0.1, -0.05) is 146 Å². The number of rotatable bonds is 4. The third-order valence-electron chi connectivity index (χ3n) is 7.22. The first-order valence-corrected chi connectivity index (χ1v) is 12.5. The molecule has 0 bridgehead atoms. The van der Waals surface area contributed by atoms with Gasteiger partial charge in [0.15, 0.2) is 0 Å². The second-order valence-electron chi connectivity index (χ2n) is 9.26. The first-order valence-electron chi connectivity index (χ1n) is 12.5. The second-order valence-corrected chi connectivity index (χ2v) is 9.26. The number of allylic oxidation sites excluding steroid dienone is 4. The van der Waals surface area contributed by atoms with Crippen LogP contribution in [0.3, 0.4) is 0 Å². The standard InChI is InChI=1S/C36H24/c1-5-15-25(16-6-1)31-29-23-13-14-24-30(29)35-33(27-19-9-3-10-20-27)32(26-17-7-2-8-18-26)34(36(31)35)28-21-11-4-12-22-28/h1-24H. The van der Waals surface area contributed by atoms with Crippen molar-refractivity contribution in [1.82, 2.24) is 0 Å². The molecule has 0 amide bonds. The topological polar surface area (TPSA) is 0 Å². The largest absolute Gasteiger partial charge is 0.0622 e. The lowest BCUT2D eigenvalue weighted by molar-refractivity contribution is 1.50. The second kappa shape index (κ2) is 8.52. The van der Waals surface area contributed by atoms with E-state index in [0.29, 0.717) is 0 Å². The fraction of sp³-hybridized carbons (Fsp3) is 0. The van der Waals surface area contributed by atoms with E-state index in [0.717, 1.165) is 0 Å². The van der Waals surface area contributed by atoms with E-state index >= 15 is 0 Å². The zero-order valence-electron chi connectivity index (χ0n) is 19.9. The highest BCUT2D eigenvalue weighted by Crippen LogP contribution is 2.55. The van der Waals surface area contributed by atoms with Gasteiger partial charge in [0.2, 0.25) is 0 Å².